The lowest BCUT2D eigenvalue weighted by atomic mass is 10.1. The summed E-state index contributed by atoms with van der Waals surface area (Å²) in [5.74, 6) is -0.206. The number of aromatic nitrogens is 2. The minimum atomic E-state index is -0.206. The molecule has 2 N–H and O–H groups in total. The zero-order chi connectivity index (χ0) is 22.5. The molecule has 1 aliphatic rings. The fourth-order valence-electron chi connectivity index (χ4n) is 3.85. The SMILES string of the molecule is C=CCn1c(=S)[nH]c2cc(C(=O)NCc3ccccc3CN3CCOCC3)ccc2c1=O. The Morgan fingerprint density at radius 2 is 1.94 bits per heavy atom. The normalized spacial score (nSPS) is 14.4. The lowest BCUT2D eigenvalue weighted by molar-refractivity contribution is 0.0340. The summed E-state index contributed by atoms with van der Waals surface area (Å²) in [5.41, 5.74) is 3.09. The number of amides is 1. The van der Waals surface area contributed by atoms with Crippen molar-refractivity contribution in [2.45, 2.75) is 19.6 Å². The van der Waals surface area contributed by atoms with Gasteiger partial charge in [-0.2, -0.15) is 0 Å². The Kier molecular flexibility index (Phi) is 6.94. The van der Waals surface area contributed by atoms with E-state index in [1.165, 1.54) is 10.1 Å². The predicted molar refractivity (Wildman–Crippen MR) is 127 cm³/mol. The van der Waals surface area contributed by atoms with Gasteiger partial charge in [0.15, 0.2) is 4.77 Å². The van der Waals surface area contributed by atoms with Crippen LogP contribution in [-0.4, -0.2) is 46.7 Å². The molecule has 2 aromatic carbocycles. The second-order valence-electron chi connectivity index (χ2n) is 7.73. The Morgan fingerprint density at radius 1 is 1.19 bits per heavy atom. The molecule has 0 bridgehead atoms. The quantitative estimate of drug-likeness (QED) is 0.427. The highest BCUT2D eigenvalue weighted by atomic mass is 32.1. The van der Waals surface area contributed by atoms with E-state index in [4.69, 9.17) is 17.0 Å². The van der Waals surface area contributed by atoms with Crippen molar-refractivity contribution < 1.29 is 9.53 Å². The van der Waals surface area contributed by atoms with Crippen molar-refractivity contribution in [2.24, 2.45) is 0 Å². The van der Waals surface area contributed by atoms with Gasteiger partial charge in [0.2, 0.25) is 0 Å². The van der Waals surface area contributed by atoms with Crippen LogP contribution in [-0.2, 0) is 24.4 Å². The molecule has 166 valence electrons. The monoisotopic (exact) mass is 450 g/mol. The maximum absolute atomic E-state index is 12.8. The topological polar surface area (TPSA) is 79.4 Å². The molecule has 0 radical (unpaired) electrons. The molecule has 1 aliphatic heterocycles. The smallest absolute Gasteiger partial charge is 0.262 e. The fraction of sp³-hybridized carbons (Fsp3) is 0.292. The minimum Gasteiger partial charge on any atom is -0.379 e. The molecule has 1 aromatic heterocycles. The molecule has 4 rings (SSSR count). The molecular formula is C24H26N4O3S. The second kappa shape index (κ2) is 10.0. The van der Waals surface area contributed by atoms with Gasteiger partial charge in [-0.1, -0.05) is 30.3 Å². The van der Waals surface area contributed by atoms with Gasteiger partial charge in [-0.3, -0.25) is 19.1 Å². The molecule has 1 fully saturated rings. The van der Waals surface area contributed by atoms with Crippen molar-refractivity contribution in [3.8, 4) is 0 Å². The Labute approximate surface area is 191 Å². The highest BCUT2D eigenvalue weighted by molar-refractivity contribution is 7.71. The number of fused-ring (bicyclic) bond motifs is 1. The van der Waals surface area contributed by atoms with Gasteiger partial charge in [0.05, 0.1) is 24.1 Å². The summed E-state index contributed by atoms with van der Waals surface area (Å²) < 4.78 is 7.17. The van der Waals surface area contributed by atoms with Crippen LogP contribution in [0.2, 0.25) is 0 Å². The van der Waals surface area contributed by atoms with Crippen LogP contribution in [0.5, 0.6) is 0 Å². The number of H-pyrrole nitrogens is 1. The van der Waals surface area contributed by atoms with E-state index < -0.39 is 0 Å². The maximum Gasteiger partial charge on any atom is 0.262 e. The number of carbonyl (C=O) groups excluding carboxylic acids is 1. The third-order valence-electron chi connectivity index (χ3n) is 5.61. The van der Waals surface area contributed by atoms with Crippen LogP contribution in [0.3, 0.4) is 0 Å². The number of ether oxygens (including phenoxy) is 1. The van der Waals surface area contributed by atoms with E-state index in [9.17, 15) is 9.59 Å². The van der Waals surface area contributed by atoms with Gasteiger partial charge in [-0.25, -0.2) is 0 Å². The molecular weight excluding hydrogens is 424 g/mol. The molecule has 8 heteroatoms. The van der Waals surface area contributed by atoms with E-state index in [0.717, 1.165) is 38.4 Å². The number of benzene rings is 2. The summed E-state index contributed by atoms with van der Waals surface area (Å²) in [6.45, 7) is 8.57. The first-order chi connectivity index (χ1) is 15.6. The van der Waals surface area contributed by atoms with Gasteiger partial charge in [0.1, 0.15) is 0 Å². The van der Waals surface area contributed by atoms with E-state index in [0.29, 0.717) is 34.3 Å². The van der Waals surface area contributed by atoms with Crippen molar-refractivity contribution in [3.63, 3.8) is 0 Å². The Morgan fingerprint density at radius 3 is 2.69 bits per heavy atom. The summed E-state index contributed by atoms with van der Waals surface area (Å²) in [4.78, 5) is 30.9. The van der Waals surface area contributed by atoms with Crippen molar-refractivity contribution >= 4 is 29.0 Å². The fourth-order valence-corrected chi connectivity index (χ4v) is 4.12. The molecule has 0 aliphatic carbocycles. The zero-order valence-corrected chi connectivity index (χ0v) is 18.6. The summed E-state index contributed by atoms with van der Waals surface area (Å²) in [7, 11) is 0. The first kappa shape index (κ1) is 22.1. The van der Waals surface area contributed by atoms with Crippen molar-refractivity contribution in [2.75, 3.05) is 26.3 Å². The summed E-state index contributed by atoms with van der Waals surface area (Å²) in [5, 5.41) is 3.48. The van der Waals surface area contributed by atoms with Crippen LogP contribution in [0.25, 0.3) is 10.9 Å². The number of aromatic amines is 1. The lowest BCUT2D eigenvalue weighted by Crippen LogP contribution is -2.36. The molecule has 0 unspecified atom stereocenters. The first-order valence-electron chi connectivity index (χ1n) is 10.6. The third-order valence-corrected chi connectivity index (χ3v) is 5.93. The number of nitrogens with zero attached hydrogens (tertiary/aromatic N) is 2. The Balaban J connectivity index is 1.50. The van der Waals surface area contributed by atoms with Gasteiger partial charge < -0.3 is 15.0 Å². The van der Waals surface area contributed by atoms with Crippen LogP contribution >= 0.6 is 12.2 Å². The second-order valence-corrected chi connectivity index (χ2v) is 8.12. The molecule has 0 saturated carbocycles. The van der Waals surface area contributed by atoms with Gasteiger partial charge in [0.25, 0.3) is 11.5 Å². The van der Waals surface area contributed by atoms with E-state index in [1.807, 2.05) is 18.2 Å². The van der Waals surface area contributed by atoms with Gasteiger partial charge in [-0.05, 0) is 41.5 Å². The van der Waals surface area contributed by atoms with Gasteiger partial charge in [0, 0.05) is 38.3 Å². The van der Waals surface area contributed by atoms with Gasteiger partial charge in [-0.15, -0.1) is 6.58 Å². The van der Waals surface area contributed by atoms with Crippen molar-refractivity contribution in [1.82, 2.24) is 19.8 Å². The number of hydrogen-bond donors (Lipinski definition) is 2. The van der Waals surface area contributed by atoms with E-state index in [1.54, 1.807) is 24.3 Å². The van der Waals surface area contributed by atoms with Crippen LogP contribution in [0.4, 0.5) is 0 Å². The molecule has 0 atom stereocenters. The van der Waals surface area contributed by atoms with E-state index >= 15 is 0 Å². The standard InChI is InChI=1S/C24H26N4O3S/c1-2-9-28-23(30)20-8-7-17(14-21(20)26-24(28)32)22(29)25-15-18-5-3-4-6-19(18)16-27-10-12-31-13-11-27/h2-8,14H,1,9-13,15-16H2,(H,25,29)(H,26,32). The number of allylic oxidation sites excluding steroid dienone is 1. The van der Waals surface area contributed by atoms with Crippen molar-refractivity contribution in [3.05, 3.63) is 86.9 Å². The summed E-state index contributed by atoms with van der Waals surface area (Å²) >= 11 is 5.29. The van der Waals surface area contributed by atoms with Crippen LogP contribution in [0, 0.1) is 4.77 Å². The maximum atomic E-state index is 12.8. The minimum absolute atomic E-state index is 0.201. The number of hydrogen-bond acceptors (Lipinski definition) is 5. The Bertz CT molecular complexity index is 1260. The number of rotatable bonds is 7. The third kappa shape index (κ3) is 4.88. The largest absolute Gasteiger partial charge is 0.379 e. The molecule has 3 aromatic rings. The number of carbonyl (C=O) groups is 1. The molecule has 7 nitrogen and oxygen atoms in total. The van der Waals surface area contributed by atoms with Crippen molar-refractivity contribution in [1.29, 1.82) is 0 Å². The molecule has 1 amide bonds. The average molecular weight is 451 g/mol. The number of nitrogens with one attached hydrogen (secondary N) is 2. The predicted octanol–water partition coefficient (Wildman–Crippen LogP) is 3.01. The van der Waals surface area contributed by atoms with Crippen LogP contribution < -0.4 is 10.9 Å². The first-order valence-corrected chi connectivity index (χ1v) is 11.0. The zero-order valence-electron chi connectivity index (χ0n) is 17.8. The Hall–Kier alpha value is -3.07. The summed E-state index contributed by atoms with van der Waals surface area (Å²) in [6, 6.07) is 13.1. The number of morpholine rings is 1. The highest BCUT2D eigenvalue weighted by Gasteiger charge is 2.14. The molecule has 2 heterocycles. The summed E-state index contributed by atoms with van der Waals surface area (Å²) in [6.07, 6.45) is 1.62. The molecule has 1 saturated heterocycles. The van der Waals surface area contributed by atoms with Gasteiger partial charge >= 0.3 is 0 Å². The molecule has 32 heavy (non-hydrogen) atoms. The van der Waals surface area contributed by atoms with Crippen LogP contribution in [0.1, 0.15) is 21.5 Å². The average Bonchev–Trinajstić information content (AvgIpc) is 2.81. The lowest BCUT2D eigenvalue weighted by Gasteiger charge is -2.27. The molecule has 0 spiro atoms. The van der Waals surface area contributed by atoms with Crippen LogP contribution in [0.15, 0.2) is 59.9 Å². The van der Waals surface area contributed by atoms with E-state index in [2.05, 4.69) is 27.8 Å². The highest BCUT2D eigenvalue weighted by Crippen LogP contribution is 2.14. The van der Waals surface area contributed by atoms with E-state index in [-0.39, 0.29) is 11.5 Å².